The molecule has 0 spiro atoms. The van der Waals surface area contributed by atoms with Crippen LogP contribution in [0.1, 0.15) is 84.1 Å². The van der Waals surface area contributed by atoms with Gasteiger partial charge in [0.2, 0.25) is 0 Å². The van der Waals surface area contributed by atoms with Crippen LogP contribution >= 0.6 is 0 Å². The summed E-state index contributed by atoms with van der Waals surface area (Å²) in [6, 6.07) is 4.36. The summed E-state index contributed by atoms with van der Waals surface area (Å²) >= 11 is 0. The topological polar surface area (TPSA) is 74.2 Å². The molecule has 1 aromatic carbocycles. The van der Waals surface area contributed by atoms with Gasteiger partial charge >= 0.3 is 0 Å². The lowest BCUT2D eigenvalue weighted by Gasteiger charge is -2.38. The van der Waals surface area contributed by atoms with E-state index in [1.807, 2.05) is 6.08 Å². The third-order valence-electron chi connectivity index (χ3n) is 8.18. The lowest BCUT2D eigenvalue weighted by atomic mass is 9.79. The van der Waals surface area contributed by atoms with Gasteiger partial charge in [0.25, 0.3) is 5.91 Å². The number of quaternary nitrogens is 1. The monoisotopic (exact) mass is 457 g/mol. The van der Waals surface area contributed by atoms with E-state index in [4.69, 9.17) is 0 Å². The van der Waals surface area contributed by atoms with Gasteiger partial charge in [-0.3, -0.25) is 4.79 Å². The van der Waals surface area contributed by atoms with Crippen LogP contribution in [0.5, 0.6) is 0 Å². The number of aromatic carboxylic acids is 1. The SMILES string of the molecule is CC(=O)N[N@+]12C=CCc3c(C4CCCCC4)ccc(c31)-c1c(C(=O)[O-])c3c(n1CC2)CCC=C3. The molecular formula is C28H31N3O3. The maximum Gasteiger partial charge on any atom is 0.262 e. The first-order valence-electron chi connectivity index (χ1n) is 12.6. The first-order chi connectivity index (χ1) is 16.5. The number of hydrogen-bond acceptors (Lipinski definition) is 3. The average Bonchev–Trinajstić information content (AvgIpc) is 3.10. The molecule has 2 aliphatic heterocycles. The second-order valence-electron chi connectivity index (χ2n) is 10.2. The number of carbonyl (C=O) groups is 2. The summed E-state index contributed by atoms with van der Waals surface area (Å²) in [7, 11) is 0. The summed E-state index contributed by atoms with van der Waals surface area (Å²) in [6.07, 6.45) is 16.9. The number of benzene rings is 1. The van der Waals surface area contributed by atoms with E-state index >= 15 is 0 Å². The number of carbonyl (C=O) groups excluding carboxylic acids is 2. The predicted molar refractivity (Wildman–Crippen MR) is 131 cm³/mol. The van der Waals surface area contributed by atoms with Gasteiger partial charge in [-0.2, -0.15) is 10.0 Å². The van der Waals surface area contributed by atoms with Gasteiger partial charge in [-0.15, -0.1) is 0 Å². The first kappa shape index (κ1) is 21.4. The highest BCUT2D eigenvalue weighted by Gasteiger charge is 2.43. The van der Waals surface area contributed by atoms with Gasteiger partial charge in [0.1, 0.15) is 12.7 Å². The fourth-order valence-electron chi connectivity index (χ4n) is 6.90. The third kappa shape index (κ3) is 3.12. The maximum atomic E-state index is 12.5. The lowest BCUT2D eigenvalue weighted by Crippen LogP contribution is -2.59. The van der Waals surface area contributed by atoms with E-state index in [2.05, 4.69) is 40.5 Å². The Morgan fingerprint density at radius 1 is 1.15 bits per heavy atom. The number of fused-ring (bicyclic) bond motifs is 4. The van der Waals surface area contributed by atoms with Crippen LogP contribution in [0.4, 0.5) is 5.69 Å². The average molecular weight is 458 g/mol. The predicted octanol–water partition coefficient (Wildman–Crippen LogP) is 3.97. The van der Waals surface area contributed by atoms with Gasteiger partial charge in [0.05, 0.1) is 23.8 Å². The van der Waals surface area contributed by atoms with Crippen molar-refractivity contribution in [2.45, 2.75) is 70.8 Å². The molecule has 0 radical (unpaired) electrons. The van der Waals surface area contributed by atoms with Crippen LogP contribution < -0.4 is 15.1 Å². The Morgan fingerprint density at radius 2 is 1.97 bits per heavy atom. The summed E-state index contributed by atoms with van der Waals surface area (Å²) in [6.45, 7) is 2.81. The molecule has 1 amide bonds. The van der Waals surface area contributed by atoms with E-state index in [0.29, 0.717) is 19.0 Å². The highest BCUT2D eigenvalue weighted by Crippen LogP contribution is 2.49. The van der Waals surface area contributed by atoms with Crippen molar-refractivity contribution in [2.24, 2.45) is 0 Å². The van der Waals surface area contributed by atoms with Crippen molar-refractivity contribution in [2.75, 3.05) is 6.54 Å². The molecular weight excluding hydrogens is 426 g/mol. The third-order valence-corrected chi connectivity index (χ3v) is 8.18. The number of amides is 1. The zero-order valence-corrected chi connectivity index (χ0v) is 19.7. The number of hydrogen-bond donors (Lipinski definition) is 1. The van der Waals surface area contributed by atoms with Crippen molar-refractivity contribution in [1.29, 1.82) is 0 Å². The van der Waals surface area contributed by atoms with Gasteiger partial charge in [-0.1, -0.05) is 37.5 Å². The summed E-state index contributed by atoms with van der Waals surface area (Å²) in [5.41, 5.74) is 10.7. The molecule has 6 nitrogen and oxygen atoms in total. The Balaban J connectivity index is 1.66. The number of nitrogens with one attached hydrogen (secondary N) is 1. The molecule has 2 aromatic rings. The van der Waals surface area contributed by atoms with Gasteiger partial charge in [0.15, 0.2) is 5.69 Å². The van der Waals surface area contributed by atoms with Crippen molar-refractivity contribution >= 4 is 23.6 Å². The summed E-state index contributed by atoms with van der Waals surface area (Å²) in [4.78, 5) is 25.0. The van der Waals surface area contributed by atoms with Gasteiger partial charge in [0, 0.05) is 35.7 Å². The maximum absolute atomic E-state index is 12.5. The minimum atomic E-state index is -1.13. The Labute approximate surface area is 200 Å². The number of aromatic nitrogens is 1. The molecule has 2 aliphatic carbocycles. The molecule has 1 fully saturated rings. The molecule has 4 aliphatic rings. The Hall–Kier alpha value is -3.12. The van der Waals surface area contributed by atoms with E-state index < -0.39 is 5.97 Å². The van der Waals surface area contributed by atoms with E-state index in [9.17, 15) is 14.7 Å². The molecule has 3 heterocycles. The Kier molecular flexibility index (Phi) is 5.03. The standard InChI is InChI=1S/C28H31N3O3/c1-18(32)29-31-16-7-11-21-20(19-8-3-2-4-9-19)13-14-23(27(21)31)26-25(28(33)34)22-10-5-6-12-24(22)30(26)15-17-31/h5,7,10,13-14,16,19H,2-4,6,8-9,11-12,15,17H2,1H3,(H-,29,32,33,34)/t31-/m0/s1. The summed E-state index contributed by atoms with van der Waals surface area (Å²) in [5, 5.41) is 12.5. The van der Waals surface area contributed by atoms with E-state index in [0.717, 1.165) is 47.5 Å². The number of carboxylic acid groups (broad SMARTS) is 1. The lowest BCUT2D eigenvalue weighted by molar-refractivity contribution is -0.254. The van der Waals surface area contributed by atoms with Gasteiger partial charge in [-0.25, -0.2) is 0 Å². The van der Waals surface area contributed by atoms with Crippen molar-refractivity contribution in [3.8, 4) is 11.3 Å². The number of nitrogens with zero attached hydrogens (tertiary/aromatic N) is 2. The highest BCUT2D eigenvalue weighted by molar-refractivity contribution is 6.02. The van der Waals surface area contributed by atoms with Crippen molar-refractivity contribution in [1.82, 2.24) is 14.6 Å². The molecule has 6 heteroatoms. The van der Waals surface area contributed by atoms with Gasteiger partial charge < -0.3 is 14.5 Å². The smallest absolute Gasteiger partial charge is 0.262 e. The van der Waals surface area contributed by atoms with Crippen LogP contribution in [0.25, 0.3) is 17.3 Å². The molecule has 1 N–H and O–H groups in total. The molecule has 1 aromatic heterocycles. The normalized spacial score (nSPS) is 23.0. The fourth-order valence-corrected chi connectivity index (χ4v) is 6.90. The number of rotatable bonds is 3. The molecule has 0 unspecified atom stereocenters. The first-order valence-corrected chi connectivity index (χ1v) is 12.6. The van der Waals surface area contributed by atoms with E-state index in [1.165, 1.54) is 43.2 Å². The van der Waals surface area contributed by atoms with E-state index in [-0.39, 0.29) is 16.1 Å². The molecule has 6 rings (SSSR count). The summed E-state index contributed by atoms with van der Waals surface area (Å²) in [5.74, 6) is -0.706. The van der Waals surface area contributed by atoms with Crippen LogP contribution in [-0.2, 0) is 24.2 Å². The zero-order valence-electron chi connectivity index (χ0n) is 19.7. The van der Waals surface area contributed by atoms with Gasteiger partial charge in [-0.05, 0) is 49.3 Å². The van der Waals surface area contributed by atoms with Crippen LogP contribution in [0, 0.1) is 0 Å². The molecule has 176 valence electrons. The quantitative estimate of drug-likeness (QED) is 0.709. The largest absolute Gasteiger partial charge is 0.545 e. The zero-order chi connectivity index (χ0) is 23.4. The highest BCUT2D eigenvalue weighted by atomic mass is 16.4. The Bertz CT molecular complexity index is 1260. The molecule has 1 saturated carbocycles. The van der Waals surface area contributed by atoms with Crippen LogP contribution in [0.2, 0.25) is 0 Å². The van der Waals surface area contributed by atoms with E-state index in [1.54, 1.807) is 6.92 Å². The Morgan fingerprint density at radius 3 is 2.74 bits per heavy atom. The van der Waals surface area contributed by atoms with Crippen molar-refractivity contribution in [3.63, 3.8) is 0 Å². The van der Waals surface area contributed by atoms with Crippen LogP contribution in [0.3, 0.4) is 0 Å². The van der Waals surface area contributed by atoms with Crippen LogP contribution in [-0.4, -0.2) is 23.0 Å². The van der Waals surface area contributed by atoms with Crippen LogP contribution in [0.15, 0.2) is 30.5 Å². The second-order valence-corrected chi connectivity index (χ2v) is 10.2. The second kappa shape index (κ2) is 7.98. The number of allylic oxidation sites excluding steroid dienone is 2. The summed E-state index contributed by atoms with van der Waals surface area (Å²) < 4.78 is 2.42. The minimum absolute atomic E-state index is 0.0943. The molecule has 1 atom stereocenters. The molecule has 0 bridgehead atoms. The minimum Gasteiger partial charge on any atom is -0.545 e. The molecule has 34 heavy (non-hydrogen) atoms. The van der Waals surface area contributed by atoms with Crippen molar-refractivity contribution < 1.29 is 14.7 Å². The number of carboxylic acids is 1. The van der Waals surface area contributed by atoms with Crippen molar-refractivity contribution in [3.05, 3.63) is 58.4 Å². The molecule has 0 saturated heterocycles. The fraction of sp³-hybridized carbons (Fsp3) is 0.429.